The van der Waals surface area contributed by atoms with Crippen LogP contribution in [0.5, 0.6) is 0 Å². The van der Waals surface area contributed by atoms with Gasteiger partial charge in [-0.2, -0.15) is 0 Å². The average molecular weight is 169 g/mol. The third-order valence-corrected chi connectivity index (χ3v) is 3.04. The quantitative estimate of drug-likeness (QED) is 0.570. The molecule has 3 N–H and O–H groups in total. The van der Waals surface area contributed by atoms with E-state index in [1.807, 2.05) is 0 Å². The molecule has 0 bridgehead atoms. The molecule has 0 aromatic rings. The third kappa shape index (κ3) is 1.79. The van der Waals surface area contributed by atoms with Crippen LogP contribution in [0.15, 0.2) is 0 Å². The first-order chi connectivity index (χ1) is 5.86. The van der Waals surface area contributed by atoms with Gasteiger partial charge in [-0.1, -0.05) is 0 Å². The molecule has 2 aliphatic rings. The Hall–Kier alpha value is -0.120. The van der Waals surface area contributed by atoms with Crippen molar-refractivity contribution in [3.05, 3.63) is 0 Å². The standard InChI is InChI=1S/C9H19N3/c10-8-3-5-12(7-8)9-2-1-4-11-6-9/h8-9,11H,1-7,10H2/t8-,9?/m0/s1. The Morgan fingerprint density at radius 2 is 2.25 bits per heavy atom. The number of hydrogen-bond acceptors (Lipinski definition) is 3. The predicted octanol–water partition coefficient (Wildman–Crippen LogP) is -0.229. The van der Waals surface area contributed by atoms with E-state index in [4.69, 9.17) is 5.73 Å². The van der Waals surface area contributed by atoms with Crippen molar-refractivity contribution in [2.75, 3.05) is 26.2 Å². The summed E-state index contributed by atoms with van der Waals surface area (Å²) in [6.45, 7) is 4.71. The Labute approximate surface area is 74.3 Å². The van der Waals surface area contributed by atoms with Gasteiger partial charge < -0.3 is 11.1 Å². The summed E-state index contributed by atoms with van der Waals surface area (Å²) in [6.07, 6.45) is 3.88. The molecule has 1 unspecified atom stereocenters. The minimum absolute atomic E-state index is 0.437. The molecule has 0 amide bonds. The van der Waals surface area contributed by atoms with Gasteiger partial charge in [0.15, 0.2) is 0 Å². The van der Waals surface area contributed by atoms with Gasteiger partial charge in [0.05, 0.1) is 0 Å². The maximum Gasteiger partial charge on any atom is 0.0221 e. The van der Waals surface area contributed by atoms with E-state index in [9.17, 15) is 0 Å². The van der Waals surface area contributed by atoms with Gasteiger partial charge in [-0.05, 0) is 25.8 Å². The summed E-state index contributed by atoms with van der Waals surface area (Å²) in [6, 6.07) is 1.21. The summed E-state index contributed by atoms with van der Waals surface area (Å²) in [5.74, 6) is 0. The minimum Gasteiger partial charge on any atom is -0.326 e. The molecule has 2 heterocycles. The van der Waals surface area contributed by atoms with E-state index in [-0.39, 0.29) is 0 Å². The molecule has 2 saturated heterocycles. The van der Waals surface area contributed by atoms with Crippen LogP contribution in [0.4, 0.5) is 0 Å². The zero-order valence-electron chi connectivity index (χ0n) is 7.63. The number of nitrogens with one attached hydrogen (secondary N) is 1. The maximum absolute atomic E-state index is 5.87. The Balaban J connectivity index is 1.83. The van der Waals surface area contributed by atoms with Gasteiger partial charge in [0.2, 0.25) is 0 Å². The largest absolute Gasteiger partial charge is 0.326 e. The zero-order valence-corrected chi connectivity index (χ0v) is 7.63. The van der Waals surface area contributed by atoms with Crippen molar-refractivity contribution in [1.29, 1.82) is 0 Å². The smallest absolute Gasteiger partial charge is 0.0221 e. The van der Waals surface area contributed by atoms with E-state index in [1.165, 1.54) is 38.9 Å². The van der Waals surface area contributed by atoms with Gasteiger partial charge in [-0.25, -0.2) is 0 Å². The lowest BCUT2D eigenvalue weighted by atomic mass is 10.1. The van der Waals surface area contributed by atoms with Crippen molar-refractivity contribution in [2.24, 2.45) is 5.73 Å². The van der Waals surface area contributed by atoms with Crippen molar-refractivity contribution in [3.8, 4) is 0 Å². The van der Waals surface area contributed by atoms with Gasteiger partial charge >= 0.3 is 0 Å². The normalized spacial score (nSPS) is 38.8. The summed E-state index contributed by atoms with van der Waals surface area (Å²) in [5.41, 5.74) is 5.87. The van der Waals surface area contributed by atoms with E-state index in [0.29, 0.717) is 6.04 Å². The van der Waals surface area contributed by atoms with Crippen LogP contribution in [0.3, 0.4) is 0 Å². The van der Waals surface area contributed by atoms with Crippen LogP contribution in [0.1, 0.15) is 19.3 Å². The number of hydrogen-bond donors (Lipinski definition) is 2. The molecule has 3 heteroatoms. The van der Waals surface area contributed by atoms with Crippen molar-refractivity contribution < 1.29 is 0 Å². The third-order valence-electron chi connectivity index (χ3n) is 3.04. The van der Waals surface area contributed by atoms with Crippen molar-refractivity contribution in [2.45, 2.75) is 31.3 Å². The van der Waals surface area contributed by atoms with Gasteiger partial charge in [-0.15, -0.1) is 0 Å². The molecular formula is C9H19N3. The lowest BCUT2D eigenvalue weighted by Crippen LogP contribution is -2.45. The Morgan fingerprint density at radius 1 is 1.33 bits per heavy atom. The number of likely N-dealkylation sites (tertiary alicyclic amines) is 1. The summed E-state index contributed by atoms with van der Waals surface area (Å²) in [7, 11) is 0. The number of nitrogens with zero attached hydrogens (tertiary/aromatic N) is 1. The lowest BCUT2D eigenvalue weighted by Gasteiger charge is -2.31. The zero-order chi connectivity index (χ0) is 8.39. The average Bonchev–Trinajstić information content (AvgIpc) is 2.54. The Kier molecular flexibility index (Phi) is 2.63. The molecule has 0 aromatic carbocycles. The first-order valence-corrected chi connectivity index (χ1v) is 5.06. The Bertz CT molecular complexity index is 140. The highest BCUT2D eigenvalue weighted by molar-refractivity contribution is 4.86. The van der Waals surface area contributed by atoms with Crippen molar-refractivity contribution in [3.63, 3.8) is 0 Å². The molecule has 0 aromatic heterocycles. The molecule has 0 radical (unpaired) electrons. The Morgan fingerprint density at radius 3 is 2.83 bits per heavy atom. The van der Waals surface area contributed by atoms with Crippen molar-refractivity contribution in [1.82, 2.24) is 10.2 Å². The SMILES string of the molecule is N[C@H]1CCN(C2CCCNC2)C1. The summed E-state index contributed by atoms with van der Waals surface area (Å²) in [4.78, 5) is 2.55. The summed E-state index contributed by atoms with van der Waals surface area (Å²) in [5, 5.41) is 3.44. The first kappa shape index (κ1) is 8.48. The van der Waals surface area contributed by atoms with E-state index >= 15 is 0 Å². The second-order valence-corrected chi connectivity index (χ2v) is 4.04. The van der Waals surface area contributed by atoms with Crippen LogP contribution in [0.2, 0.25) is 0 Å². The monoisotopic (exact) mass is 169 g/mol. The fraction of sp³-hybridized carbons (Fsp3) is 1.00. The second-order valence-electron chi connectivity index (χ2n) is 4.04. The molecular weight excluding hydrogens is 150 g/mol. The van der Waals surface area contributed by atoms with Gasteiger partial charge in [0.1, 0.15) is 0 Å². The first-order valence-electron chi connectivity index (χ1n) is 5.06. The molecule has 0 aliphatic carbocycles. The predicted molar refractivity (Wildman–Crippen MR) is 50.1 cm³/mol. The van der Waals surface area contributed by atoms with E-state index in [1.54, 1.807) is 0 Å². The van der Waals surface area contributed by atoms with E-state index in [0.717, 1.165) is 12.6 Å². The number of piperidine rings is 1. The number of nitrogens with two attached hydrogens (primary N) is 1. The highest BCUT2D eigenvalue weighted by atomic mass is 15.2. The molecule has 2 fully saturated rings. The summed E-state index contributed by atoms with van der Waals surface area (Å²) < 4.78 is 0. The molecule has 70 valence electrons. The molecule has 12 heavy (non-hydrogen) atoms. The van der Waals surface area contributed by atoms with Crippen LogP contribution in [0.25, 0.3) is 0 Å². The highest BCUT2D eigenvalue weighted by Crippen LogP contribution is 2.16. The van der Waals surface area contributed by atoms with E-state index in [2.05, 4.69) is 10.2 Å². The minimum atomic E-state index is 0.437. The molecule has 0 spiro atoms. The fourth-order valence-corrected chi connectivity index (χ4v) is 2.29. The maximum atomic E-state index is 5.87. The molecule has 3 nitrogen and oxygen atoms in total. The molecule has 2 aliphatic heterocycles. The van der Waals surface area contributed by atoms with Crippen LogP contribution in [0, 0.1) is 0 Å². The molecule has 0 saturated carbocycles. The fourth-order valence-electron chi connectivity index (χ4n) is 2.29. The topological polar surface area (TPSA) is 41.3 Å². The van der Waals surface area contributed by atoms with Crippen LogP contribution < -0.4 is 11.1 Å². The molecule has 2 atom stereocenters. The van der Waals surface area contributed by atoms with Crippen molar-refractivity contribution >= 4 is 0 Å². The summed E-state index contributed by atoms with van der Waals surface area (Å²) >= 11 is 0. The van der Waals surface area contributed by atoms with Crippen LogP contribution >= 0.6 is 0 Å². The highest BCUT2D eigenvalue weighted by Gasteiger charge is 2.26. The van der Waals surface area contributed by atoms with Gasteiger partial charge in [-0.3, -0.25) is 4.90 Å². The van der Waals surface area contributed by atoms with Gasteiger partial charge in [0.25, 0.3) is 0 Å². The second kappa shape index (κ2) is 3.73. The molecule has 2 rings (SSSR count). The lowest BCUT2D eigenvalue weighted by molar-refractivity contribution is 0.201. The number of rotatable bonds is 1. The van der Waals surface area contributed by atoms with E-state index < -0.39 is 0 Å². The van der Waals surface area contributed by atoms with Gasteiger partial charge in [0, 0.05) is 31.7 Å². The van der Waals surface area contributed by atoms with Crippen LogP contribution in [-0.4, -0.2) is 43.2 Å². The van der Waals surface area contributed by atoms with Crippen LogP contribution in [-0.2, 0) is 0 Å².